The molecule has 0 aliphatic carbocycles. The molecular formula is C21H17FN4O3S2. The zero-order valence-corrected chi connectivity index (χ0v) is 18.2. The molecule has 1 amide bonds. The number of nitrogens with one attached hydrogen (secondary N) is 1. The van der Waals surface area contributed by atoms with Gasteiger partial charge in [0.05, 0.1) is 15.9 Å². The van der Waals surface area contributed by atoms with E-state index in [9.17, 15) is 17.6 Å². The molecule has 4 rings (SSSR count). The second-order valence-electron chi connectivity index (χ2n) is 6.67. The van der Waals surface area contributed by atoms with Crippen molar-refractivity contribution in [1.29, 1.82) is 0 Å². The number of halogens is 1. The highest BCUT2D eigenvalue weighted by molar-refractivity contribution is 7.92. The predicted octanol–water partition coefficient (Wildman–Crippen LogP) is 4.28. The van der Waals surface area contributed by atoms with Crippen LogP contribution in [0.15, 0.2) is 65.6 Å². The molecule has 2 aromatic carbocycles. The molecule has 0 radical (unpaired) electrons. The molecule has 2 aromatic heterocycles. The lowest BCUT2D eigenvalue weighted by atomic mass is 10.1. The van der Waals surface area contributed by atoms with Gasteiger partial charge in [0.15, 0.2) is 5.13 Å². The number of fused-ring (bicyclic) bond motifs is 1. The maximum absolute atomic E-state index is 14.1. The molecule has 2 heterocycles. The Morgan fingerprint density at radius 1 is 1.06 bits per heavy atom. The summed E-state index contributed by atoms with van der Waals surface area (Å²) >= 11 is 1.33. The summed E-state index contributed by atoms with van der Waals surface area (Å²) in [6.45, 7) is 1.42. The van der Waals surface area contributed by atoms with Crippen LogP contribution in [-0.4, -0.2) is 31.3 Å². The molecule has 0 spiro atoms. The molecule has 0 unspecified atom stereocenters. The van der Waals surface area contributed by atoms with Crippen LogP contribution in [0.1, 0.15) is 6.92 Å². The van der Waals surface area contributed by atoms with Crippen LogP contribution in [0.25, 0.3) is 21.5 Å². The van der Waals surface area contributed by atoms with E-state index in [1.54, 1.807) is 24.3 Å². The third-order valence-corrected chi connectivity index (χ3v) is 7.23. The first-order valence-electron chi connectivity index (χ1n) is 9.15. The minimum atomic E-state index is -4.12. The van der Waals surface area contributed by atoms with Crippen LogP contribution in [0.3, 0.4) is 0 Å². The quantitative estimate of drug-likeness (QED) is 0.484. The van der Waals surface area contributed by atoms with Gasteiger partial charge >= 0.3 is 0 Å². The Balaban J connectivity index is 1.70. The second-order valence-corrected chi connectivity index (χ2v) is 9.64. The van der Waals surface area contributed by atoms with Gasteiger partial charge in [-0.3, -0.25) is 9.10 Å². The highest BCUT2D eigenvalue weighted by Crippen LogP contribution is 2.31. The van der Waals surface area contributed by atoms with E-state index in [0.717, 1.165) is 26.2 Å². The van der Waals surface area contributed by atoms with Crippen molar-refractivity contribution in [3.63, 3.8) is 0 Å². The summed E-state index contributed by atoms with van der Waals surface area (Å²) in [4.78, 5) is 19.7. The van der Waals surface area contributed by atoms with Gasteiger partial charge < -0.3 is 5.32 Å². The van der Waals surface area contributed by atoms with Crippen molar-refractivity contribution in [3.8, 4) is 11.3 Å². The predicted molar refractivity (Wildman–Crippen MR) is 119 cm³/mol. The van der Waals surface area contributed by atoms with Gasteiger partial charge in [-0.05, 0) is 36.4 Å². The molecule has 0 bridgehead atoms. The first kappa shape index (κ1) is 20.9. The van der Waals surface area contributed by atoms with E-state index in [4.69, 9.17) is 0 Å². The summed E-state index contributed by atoms with van der Waals surface area (Å²) in [5.74, 6) is -0.868. The fourth-order valence-corrected chi connectivity index (χ4v) is 5.13. The van der Waals surface area contributed by atoms with E-state index in [2.05, 4.69) is 15.3 Å². The van der Waals surface area contributed by atoms with Crippen molar-refractivity contribution in [2.75, 3.05) is 16.7 Å². The third kappa shape index (κ3) is 4.12. The molecule has 0 saturated carbocycles. The number of amides is 1. The summed E-state index contributed by atoms with van der Waals surface area (Å²) < 4.78 is 41.6. The summed E-state index contributed by atoms with van der Waals surface area (Å²) in [5, 5.41) is 3.16. The van der Waals surface area contributed by atoms with Gasteiger partial charge in [0.1, 0.15) is 16.5 Å². The Kier molecular flexibility index (Phi) is 5.42. The Hall–Kier alpha value is -3.37. The van der Waals surface area contributed by atoms with Crippen LogP contribution >= 0.6 is 11.3 Å². The lowest BCUT2D eigenvalue weighted by Crippen LogP contribution is -2.28. The lowest BCUT2D eigenvalue weighted by Gasteiger charge is -2.19. The van der Waals surface area contributed by atoms with Gasteiger partial charge in [0, 0.05) is 19.5 Å². The minimum absolute atomic E-state index is 0.157. The van der Waals surface area contributed by atoms with E-state index in [1.807, 2.05) is 12.1 Å². The number of hydrogen-bond acceptors (Lipinski definition) is 6. The molecule has 0 aliphatic heterocycles. The van der Waals surface area contributed by atoms with Gasteiger partial charge in [-0.2, -0.15) is 0 Å². The van der Waals surface area contributed by atoms with Crippen LogP contribution in [0.2, 0.25) is 0 Å². The zero-order chi connectivity index (χ0) is 22.2. The van der Waals surface area contributed by atoms with Gasteiger partial charge in [-0.1, -0.05) is 35.6 Å². The highest BCUT2D eigenvalue weighted by Gasteiger charge is 2.25. The van der Waals surface area contributed by atoms with E-state index >= 15 is 0 Å². The van der Waals surface area contributed by atoms with Gasteiger partial charge in [-0.15, -0.1) is 0 Å². The number of carbonyl (C=O) groups excluding carboxylic acids is 1. The van der Waals surface area contributed by atoms with E-state index in [-0.39, 0.29) is 11.7 Å². The van der Waals surface area contributed by atoms with E-state index < -0.39 is 20.7 Å². The third-order valence-electron chi connectivity index (χ3n) is 4.50. The van der Waals surface area contributed by atoms with Gasteiger partial charge in [0.25, 0.3) is 10.0 Å². The Labute approximate surface area is 182 Å². The zero-order valence-electron chi connectivity index (χ0n) is 16.5. The molecular weight excluding hydrogens is 439 g/mol. The number of pyridine rings is 1. The van der Waals surface area contributed by atoms with Gasteiger partial charge in [0.2, 0.25) is 5.91 Å². The molecule has 0 aliphatic rings. The number of hydrogen-bond donors (Lipinski definition) is 1. The Bertz CT molecular complexity index is 1400. The number of anilines is 2. The van der Waals surface area contributed by atoms with Crippen molar-refractivity contribution in [1.82, 2.24) is 9.97 Å². The molecule has 7 nitrogen and oxygen atoms in total. The van der Waals surface area contributed by atoms with Crippen molar-refractivity contribution in [3.05, 3.63) is 66.5 Å². The molecule has 4 aromatic rings. The second kappa shape index (κ2) is 8.05. The molecule has 0 atom stereocenters. The number of thiazole rings is 1. The Morgan fingerprint density at radius 3 is 2.58 bits per heavy atom. The first-order chi connectivity index (χ1) is 14.8. The maximum atomic E-state index is 14.1. The average molecular weight is 457 g/mol. The normalized spacial score (nSPS) is 11.5. The first-order valence-corrected chi connectivity index (χ1v) is 11.4. The van der Waals surface area contributed by atoms with Crippen LogP contribution in [0, 0.1) is 5.82 Å². The number of nitrogens with zero attached hydrogens (tertiary/aromatic N) is 3. The van der Waals surface area contributed by atoms with E-state index in [1.165, 1.54) is 43.5 Å². The summed E-state index contributed by atoms with van der Waals surface area (Å²) in [5.41, 5.74) is 2.03. The molecule has 0 fully saturated rings. The smallest absolute Gasteiger partial charge is 0.268 e. The van der Waals surface area contributed by atoms with Crippen LogP contribution < -0.4 is 9.62 Å². The largest absolute Gasteiger partial charge is 0.302 e. The standard InChI is InChI=1S/C21H17FN4O3S2/c1-13(27)23-21-25-17-11-10-14(12-18(17)30-21)16-7-5-9-20(24-16)26(2)31(28,29)19-8-4-3-6-15(19)22/h3-12H,1-2H3,(H,23,25,27). The fraction of sp³-hybridized carbons (Fsp3) is 0.0952. The number of rotatable bonds is 5. The molecule has 10 heteroatoms. The fourth-order valence-electron chi connectivity index (χ4n) is 2.97. The SMILES string of the molecule is CC(=O)Nc1nc2ccc(-c3cccc(N(C)S(=O)(=O)c4ccccc4F)n3)cc2s1. The average Bonchev–Trinajstić information content (AvgIpc) is 3.14. The topological polar surface area (TPSA) is 92.3 Å². The number of benzene rings is 2. The van der Waals surface area contributed by atoms with Crippen molar-refractivity contribution >= 4 is 48.4 Å². The number of aromatic nitrogens is 2. The maximum Gasteiger partial charge on any atom is 0.268 e. The van der Waals surface area contributed by atoms with Crippen molar-refractivity contribution < 1.29 is 17.6 Å². The van der Waals surface area contributed by atoms with Gasteiger partial charge in [-0.25, -0.2) is 22.8 Å². The summed E-state index contributed by atoms with van der Waals surface area (Å²) in [6.07, 6.45) is 0. The monoisotopic (exact) mass is 456 g/mol. The molecule has 0 saturated heterocycles. The van der Waals surface area contributed by atoms with Crippen molar-refractivity contribution in [2.45, 2.75) is 11.8 Å². The summed E-state index contributed by atoms with van der Waals surface area (Å²) in [6, 6.07) is 15.7. The molecule has 158 valence electrons. The van der Waals surface area contributed by atoms with Crippen molar-refractivity contribution in [2.24, 2.45) is 0 Å². The van der Waals surface area contributed by atoms with Crippen LogP contribution in [-0.2, 0) is 14.8 Å². The highest BCUT2D eigenvalue weighted by atomic mass is 32.2. The van der Waals surface area contributed by atoms with E-state index in [0.29, 0.717) is 10.8 Å². The van der Waals surface area contributed by atoms with Crippen LogP contribution in [0.5, 0.6) is 0 Å². The lowest BCUT2D eigenvalue weighted by molar-refractivity contribution is -0.114. The number of carbonyl (C=O) groups is 1. The number of sulfonamides is 1. The Morgan fingerprint density at radius 2 is 1.84 bits per heavy atom. The molecule has 1 N–H and O–H groups in total. The minimum Gasteiger partial charge on any atom is -0.302 e. The molecule has 31 heavy (non-hydrogen) atoms. The van der Waals surface area contributed by atoms with Crippen LogP contribution in [0.4, 0.5) is 15.3 Å². The summed E-state index contributed by atoms with van der Waals surface area (Å²) in [7, 11) is -2.78.